The summed E-state index contributed by atoms with van der Waals surface area (Å²) in [5, 5.41) is 12.7. The van der Waals surface area contributed by atoms with Crippen LogP contribution < -0.4 is 9.64 Å². The Kier molecular flexibility index (Phi) is 6.76. The smallest absolute Gasteiger partial charge is 0.168 e. The number of anilines is 1. The van der Waals surface area contributed by atoms with Gasteiger partial charge in [-0.3, -0.25) is 4.90 Å². The number of hydrogen-bond donors (Lipinski definition) is 0. The maximum Gasteiger partial charge on any atom is 0.168 e. The van der Waals surface area contributed by atoms with Crippen molar-refractivity contribution in [2.24, 2.45) is 0 Å². The lowest BCUT2D eigenvalue weighted by molar-refractivity contribution is 0.164. The van der Waals surface area contributed by atoms with E-state index in [1.165, 1.54) is 12.1 Å². The number of nitrogens with zero attached hydrogens (tertiary/aromatic N) is 6. The zero-order valence-electron chi connectivity index (χ0n) is 18.1. The van der Waals surface area contributed by atoms with E-state index in [2.05, 4.69) is 32.2 Å². The van der Waals surface area contributed by atoms with Gasteiger partial charge in [0.2, 0.25) is 0 Å². The summed E-state index contributed by atoms with van der Waals surface area (Å²) in [7, 11) is 1.67. The number of halogens is 1. The predicted molar refractivity (Wildman–Crippen MR) is 118 cm³/mol. The quantitative estimate of drug-likeness (QED) is 0.551. The second kappa shape index (κ2) is 9.87. The van der Waals surface area contributed by atoms with Crippen LogP contribution in [0.5, 0.6) is 5.75 Å². The highest BCUT2D eigenvalue weighted by Crippen LogP contribution is 2.27. The van der Waals surface area contributed by atoms with Crippen molar-refractivity contribution in [3.05, 3.63) is 65.7 Å². The molecule has 1 aliphatic heterocycles. The molecular weight excluding hydrogens is 395 g/mol. The van der Waals surface area contributed by atoms with E-state index in [1.807, 2.05) is 41.1 Å². The van der Waals surface area contributed by atoms with E-state index in [-0.39, 0.29) is 11.9 Å². The van der Waals surface area contributed by atoms with Gasteiger partial charge in [0.05, 0.1) is 19.7 Å². The van der Waals surface area contributed by atoms with Crippen LogP contribution in [0.4, 0.5) is 10.1 Å². The molecule has 0 spiro atoms. The number of tetrazole rings is 1. The number of rotatable bonds is 8. The molecule has 1 saturated heterocycles. The van der Waals surface area contributed by atoms with Crippen molar-refractivity contribution < 1.29 is 9.13 Å². The molecule has 8 heteroatoms. The lowest BCUT2D eigenvalue weighted by Crippen LogP contribution is -2.48. The highest BCUT2D eigenvalue weighted by Gasteiger charge is 2.28. The van der Waals surface area contributed by atoms with Gasteiger partial charge in [-0.2, -0.15) is 0 Å². The molecule has 0 bridgehead atoms. The van der Waals surface area contributed by atoms with E-state index < -0.39 is 0 Å². The highest BCUT2D eigenvalue weighted by molar-refractivity contribution is 5.46. The predicted octanol–water partition coefficient (Wildman–Crippen LogP) is 3.53. The number of benzene rings is 2. The molecule has 164 valence electrons. The van der Waals surface area contributed by atoms with Gasteiger partial charge in [-0.1, -0.05) is 25.5 Å². The van der Waals surface area contributed by atoms with Crippen LogP contribution >= 0.6 is 0 Å². The maximum absolute atomic E-state index is 13.2. The Morgan fingerprint density at radius 2 is 1.71 bits per heavy atom. The van der Waals surface area contributed by atoms with Crippen molar-refractivity contribution in [2.75, 3.05) is 38.2 Å². The normalized spacial score (nSPS) is 15.8. The Morgan fingerprint density at radius 1 is 1.00 bits per heavy atom. The molecule has 2 aromatic carbocycles. The van der Waals surface area contributed by atoms with Gasteiger partial charge in [0.25, 0.3) is 0 Å². The van der Waals surface area contributed by atoms with Crippen LogP contribution in [0.1, 0.15) is 37.2 Å². The molecule has 1 fully saturated rings. The first-order valence-corrected chi connectivity index (χ1v) is 10.8. The second-order valence-electron chi connectivity index (χ2n) is 7.85. The van der Waals surface area contributed by atoms with E-state index in [1.54, 1.807) is 7.11 Å². The minimum atomic E-state index is -0.200. The fourth-order valence-electron chi connectivity index (χ4n) is 4.16. The summed E-state index contributed by atoms with van der Waals surface area (Å²) in [6, 6.07) is 14.9. The summed E-state index contributed by atoms with van der Waals surface area (Å²) in [5.74, 6) is 1.55. The molecule has 1 unspecified atom stereocenters. The standard InChI is InChI=1S/C23H29FN6O/c1-3-4-22(29-15-13-28(14-16-29)20-9-7-19(24)8-10-20)23-25-26-27-30(23)17-18-5-11-21(31-2)12-6-18/h5-12,22H,3-4,13-17H2,1-2H3. The van der Waals surface area contributed by atoms with Crippen LogP contribution in [0.3, 0.4) is 0 Å². The van der Waals surface area contributed by atoms with Crippen molar-refractivity contribution in [1.82, 2.24) is 25.1 Å². The first kappa shape index (κ1) is 21.2. The molecule has 1 aliphatic rings. The topological polar surface area (TPSA) is 59.3 Å². The van der Waals surface area contributed by atoms with E-state index in [0.29, 0.717) is 6.54 Å². The van der Waals surface area contributed by atoms with Crippen LogP contribution in [-0.2, 0) is 6.54 Å². The van der Waals surface area contributed by atoms with Gasteiger partial charge in [-0.05, 0) is 58.8 Å². The van der Waals surface area contributed by atoms with Gasteiger partial charge in [0.1, 0.15) is 11.6 Å². The summed E-state index contributed by atoms with van der Waals surface area (Å²) in [4.78, 5) is 4.78. The summed E-state index contributed by atoms with van der Waals surface area (Å²) in [6.45, 7) is 6.44. The molecule has 0 aliphatic carbocycles. The minimum absolute atomic E-state index is 0.175. The van der Waals surface area contributed by atoms with Crippen LogP contribution in [0.15, 0.2) is 48.5 Å². The molecule has 1 aromatic heterocycles. The molecule has 0 radical (unpaired) electrons. The average molecular weight is 425 g/mol. The molecule has 0 amide bonds. The molecule has 31 heavy (non-hydrogen) atoms. The Bertz CT molecular complexity index is 951. The number of methoxy groups -OCH3 is 1. The fraction of sp³-hybridized carbons (Fsp3) is 0.435. The van der Waals surface area contributed by atoms with Crippen LogP contribution in [0.2, 0.25) is 0 Å². The maximum atomic E-state index is 13.2. The molecule has 0 saturated carbocycles. The van der Waals surface area contributed by atoms with Crippen molar-refractivity contribution in [2.45, 2.75) is 32.4 Å². The zero-order valence-corrected chi connectivity index (χ0v) is 18.1. The Labute approximate surface area is 182 Å². The SMILES string of the molecule is CCCC(c1nnnn1Cc1ccc(OC)cc1)N1CCN(c2ccc(F)cc2)CC1. The molecule has 7 nitrogen and oxygen atoms in total. The molecule has 1 atom stereocenters. The summed E-state index contributed by atoms with van der Waals surface area (Å²) >= 11 is 0. The molecule has 2 heterocycles. The zero-order chi connectivity index (χ0) is 21.6. The number of hydrogen-bond acceptors (Lipinski definition) is 6. The van der Waals surface area contributed by atoms with Gasteiger partial charge in [-0.25, -0.2) is 9.07 Å². The third kappa shape index (κ3) is 5.02. The summed E-state index contributed by atoms with van der Waals surface area (Å²) < 4.78 is 20.4. The van der Waals surface area contributed by atoms with Gasteiger partial charge < -0.3 is 9.64 Å². The third-order valence-corrected chi connectivity index (χ3v) is 5.86. The lowest BCUT2D eigenvalue weighted by atomic mass is 10.1. The molecule has 0 N–H and O–H groups in total. The Balaban J connectivity index is 1.45. The number of ether oxygens (including phenoxy) is 1. The van der Waals surface area contributed by atoms with Crippen LogP contribution in [0.25, 0.3) is 0 Å². The molecule has 4 rings (SSSR count). The van der Waals surface area contributed by atoms with Gasteiger partial charge in [0, 0.05) is 31.9 Å². The van der Waals surface area contributed by atoms with Crippen LogP contribution in [0, 0.1) is 5.82 Å². The van der Waals surface area contributed by atoms with Crippen molar-refractivity contribution in [3.8, 4) is 5.75 Å². The molecular formula is C23H29FN6O. The van der Waals surface area contributed by atoms with Crippen LogP contribution in [-0.4, -0.2) is 58.4 Å². The van der Waals surface area contributed by atoms with Gasteiger partial charge >= 0.3 is 0 Å². The minimum Gasteiger partial charge on any atom is -0.497 e. The largest absolute Gasteiger partial charge is 0.497 e. The highest BCUT2D eigenvalue weighted by atomic mass is 19.1. The Hall–Kier alpha value is -3.00. The molecule has 3 aromatic rings. The first-order chi connectivity index (χ1) is 15.2. The van der Waals surface area contributed by atoms with Gasteiger partial charge in [-0.15, -0.1) is 5.10 Å². The van der Waals surface area contributed by atoms with E-state index in [9.17, 15) is 4.39 Å². The number of aromatic nitrogens is 4. The van der Waals surface area contributed by atoms with E-state index in [4.69, 9.17) is 4.74 Å². The summed E-state index contributed by atoms with van der Waals surface area (Å²) in [6.07, 6.45) is 2.05. The van der Waals surface area contributed by atoms with E-state index in [0.717, 1.165) is 61.8 Å². The second-order valence-corrected chi connectivity index (χ2v) is 7.85. The third-order valence-electron chi connectivity index (χ3n) is 5.86. The fourth-order valence-corrected chi connectivity index (χ4v) is 4.16. The number of piperazine rings is 1. The van der Waals surface area contributed by atoms with Gasteiger partial charge in [0.15, 0.2) is 5.82 Å². The van der Waals surface area contributed by atoms with Crippen molar-refractivity contribution >= 4 is 5.69 Å². The van der Waals surface area contributed by atoms with Crippen molar-refractivity contribution in [1.29, 1.82) is 0 Å². The monoisotopic (exact) mass is 424 g/mol. The average Bonchev–Trinajstić information content (AvgIpc) is 3.26. The van der Waals surface area contributed by atoms with Crippen molar-refractivity contribution in [3.63, 3.8) is 0 Å². The Morgan fingerprint density at radius 3 is 2.35 bits per heavy atom. The van der Waals surface area contributed by atoms with E-state index >= 15 is 0 Å². The first-order valence-electron chi connectivity index (χ1n) is 10.8. The summed E-state index contributed by atoms with van der Waals surface area (Å²) in [5.41, 5.74) is 2.20. The lowest BCUT2D eigenvalue weighted by Gasteiger charge is -2.39.